The Kier molecular flexibility index (Phi) is 6.54. The molecule has 178 valence electrons. The normalized spacial score (nSPS) is 13.5. The van der Waals surface area contributed by atoms with E-state index in [1.807, 2.05) is 29.2 Å². The highest BCUT2D eigenvalue weighted by Gasteiger charge is 2.28. The van der Waals surface area contributed by atoms with E-state index in [2.05, 4.69) is 67.4 Å². The zero-order valence-electron chi connectivity index (χ0n) is 20.4. The fourth-order valence-corrected chi connectivity index (χ4v) is 4.92. The third-order valence-electron chi connectivity index (χ3n) is 5.59. The molecule has 2 heterocycles. The lowest BCUT2D eigenvalue weighted by Gasteiger charge is -2.34. The van der Waals surface area contributed by atoms with Gasteiger partial charge in [-0.15, -0.1) is 0 Å². The fraction of sp³-hybridized carbons (Fsp3) is 0.370. The van der Waals surface area contributed by atoms with E-state index in [4.69, 9.17) is 11.6 Å². The van der Waals surface area contributed by atoms with Gasteiger partial charge in [-0.2, -0.15) is 4.98 Å². The van der Waals surface area contributed by atoms with Crippen LogP contribution < -0.4 is 10.6 Å². The second-order valence-corrected chi connectivity index (χ2v) is 11.2. The Hall–Kier alpha value is -3.12. The van der Waals surface area contributed by atoms with Crippen molar-refractivity contribution in [3.63, 3.8) is 0 Å². The van der Waals surface area contributed by atoms with E-state index in [9.17, 15) is 4.79 Å². The van der Waals surface area contributed by atoms with E-state index in [1.165, 1.54) is 11.1 Å². The van der Waals surface area contributed by atoms with Crippen LogP contribution >= 0.6 is 11.6 Å². The number of hydrogen-bond donors (Lipinski definition) is 2. The number of aromatic nitrogens is 2. The van der Waals surface area contributed by atoms with Gasteiger partial charge < -0.3 is 15.5 Å². The summed E-state index contributed by atoms with van der Waals surface area (Å²) in [5, 5.41) is 7.34. The predicted molar refractivity (Wildman–Crippen MR) is 139 cm³/mol. The monoisotopic (exact) mass is 477 g/mol. The number of hydrogen-bond acceptors (Lipinski definition) is 5. The van der Waals surface area contributed by atoms with Gasteiger partial charge in [0.1, 0.15) is 11.5 Å². The summed E-state index contributed by atoms with van der Waals surface area (Å²) in [5.74, 6) is 0.831. The lowest BCUT2D eigenvalue weighted by atomic mass is 9.82. The summed E-state index contributed by atoms with van der Waals surface area (Å²) in [4.78, 5) is 24.5. The summed E-state index contributed by atoms with van der Waals surface area (Å²) in [6, 6.07) is 17.2. The molecule has 3 aromatic rings. The Morgan fingerprint density at radius 2 is 1.65 bits per heavy atom. The standard InChI is InChI=1S/C27H32ClN5O/c1-26(2,3)17-27(4,5)32-23-14-22(24(34)33-15-18-9-6-7-10-19(18)16-33)30-25(31-23)29-21-12-8-11-20(28)13-21/h6-14H,15-17H2,1-5H3,(H2,29,30,31,32). The molecule has 0 radical (unpaired) electrons. The van der Waals surface area contributed by atoms with Gasteiger partial charge in [0, 0.05) is 35.4 Å². The van der Waals surface area contributed by atoms with Crippen molar-refractivity contribution in [2.75, 3.05) is 10.6 Å². The van der Waals surface area contributed by atoms with E-state index in [0.29, 0.717) is 35.6 Å². The van der Waals surface area contributed by atoms with Crippen LogP contribution in [0.5, 0.6) is 0 Å². The number of rotatable bonds is 6. The van der Waals surface area contributed by atoms with Crippen molar-refractivity contribution in [2.45, 2.75) is 59.7 Å². The van der Waals surface area contributed by atoms with Gasteiger partial charge in [0.15, 0.2) is 0 Å². The summed E-state index contributed by atoms with van der Waals surface area (Å²) in [6.07, 6.45) is 0.922. The van der Waals surface area contributed by atoms with Gasteiger partial charge in [-0.3, -0.25) is 4.79 Å². The first kappa shape index (κ1) is 24.0. The summed E-state index contributed by atoms with van der Waals surface area (Å²) >= 11 is 6.15. The lowest BCUT2D eigenvalue weighted by Crippen LogP contribution is -2.36. The molecule has 0 saturated carbocycles. The molecule has 0 spiro atoms. The minimum absolute atomic E-state index is 0.121. The number of amides is 1. The van der Waals surface area contributed by atoms with Crippen LogP contribution in [0.1, 0.15) is 62.7 Å². The molecule has 1 aromatic heterocycles. The molecule has 0 aliphatic carbocycles. The molecule has 34 heavy (non-hydrogen) atoms. The molecule has 0 unspecified atom stereocenters. The van der Waals surface area contributed by atoms with Crippen molar-refractivity contribution in [3.05, 3.63) is 76.4 Å². The van der Waals surface area contributed by atoms with Crippen LogP contribution in [-0.2, 0) is 13.1 Å². The van der Waals surface area contributed by atoms with Crippen molar-refractivity contribution >= 4 is 35.0 Å². The van der Waals surface area contributed by atoms with Crippen LogP contribution in [-0.4, -0.2) is 26.3 Å². The van der Waals surface area contributed by atoms with Gasteiger partial charge in [0.05, 0.1) is 0 Å². The summed E-state index contributed by atoms with van der Waals surface area (Å²) in [7, 11) is 0. The Morgan fingerprint density at radius 1 is 0.971 bits per heavy atom. The summed E-state index contributed by atoms with van der Waals surface area (Å²) < 4.78 is 0. The highest BCUT2D eigenvalue weighted by Crippen LogP contribution is 2.30. The van der Waals surface area contributed by atoms with Gasteiger partial charge in [-0.1, -0.05) is 62.7 Å². The number of anilines is 3. The quantitative estimate of drug-likeness (QED) is 0.415. The minimum atomic E-state index is -0.232. The number of halogens is 1. The first-order chi connectivity index (χ1) is 16.0. The minimum Gasteiger partial charge on any atom is -0.365 e. The zero-order chi connectivity index (χ0) is 24.5. The molecule has 6 nitrogen and oxygen atoms in total. The number of benzene rings is 2. The van der Waals surface area contributed by atoms with Crippen LogP contribution in [0.25, 0.3) is 0 Å². The molecule has 1 aliphatic heterocycles. The van der Waals surface area contributed by atoms with Gasteiger partial charge >= 0.3 is 0 Å². The Bertz CT molecular complexity index is 1180. The first-order valence-corrected chi connectivity index (χ1v) is 11.9. The van der Waals surface area contributed by atoms with Crippen LogP contribution in [0.2, 0.25) is 5.02 Å². The number of nitrogens with one attached hydrogen (secondary N) is 2. The third kappa shape index (κ3) is 6.06. The van der Waals surface area contributed by atoms with Crippen LogP contribution in [0.4, 0.5) is 17.5 Å². The Labute approximate surface area is 206 Å². The maximum atomic E-state index is 13.5. The first-order valence-electron chi connectivity index (χ1n) is 11.5. The maximum absolute atomic E-state index is 13.5. The topological polar surface area (TPSA) is 70.2 Å². The van der Waals surface area contributed by atoms with Crippen molar-refractivity contribution < 1.29 is 4.79 Å². The van der Waals surface area contributed by atoms with E-state index in [-0.39, 0.29) is 16.9 Å². The molecule has 1 aliphatic rings. The smallest absolute Gasteiger partial charge is 0.273 e. The second kappa shape index (κ2) is 9.26. The van der Waals surface area contributed by atoms with Gasteiger partial charge in [-0.05, 0) is 55.0 Å². The molecule has 0 fully saturated rings. The van der Waals surface area contributed by atoms with E-state index < -0.39 is 0 Å². The SMILES string of the molecule is CC(C)(C)CC(C)(C)Nc1cc(C(=O)N2Cc3ccccc3C2)nc(Nc2cccc(Cl)c2)n1. The van der Waals surface area contributed by atoms with E-state index in [0.717, 1.165) is 12.1 Å². The average Bonchev–Trinajstić information content (AvgIpc) is 3.15. The van der Waals surface area contributed by atoms with Gasteiger partial charge in [0.25, 0.3) is 5.91 Å². The van der Waals surface area contributed by atoms with Crippen LogP contribution in [0.15, 0.2) is 54.6 Å². The zero-order valence-corrected chi connectivity index (χ0v) is 21.2. The molecule has 1 amide bonds. The average molecular weight is 478 g/mol. The van der Waals surface area contributed by atoms with Crippen molar-refractivity contribution in [1.29, 1.82) is 0 Å². The van der Waals surface area contributed by atoms with Crippen molar-refractivity contribution in [3.8, 4) is 0 Å². The van der Waals surface area contributed by atoms with E-state index >= 15 is 0 Å². The number of fused-ring (bicyclic) bond motifs is 1. The van der Waals surface area contributed by atoms with Crippen molar-refractivity contribution in [1.82, 2.24) is 14.9 Å². The predicted octanol–water partition coefficient (Wildman–Crippen LogP) is 6.66. The summed E-state index contributed by atoms with van der Waals surface area (Å²) in [6.45, 7) is 12.1. The highest BCUT2D eigenvalue weighted by molar-refractivity contribution is 6.30. The molecule has 7 heteroatoms. The van der Waals surface area contributed by atoms with E-state index in [1.54, 1.807) is 18.2 Å². The molecule has 0 saturated heterocycles. The molecule has 0 atom stereocenters. The Balaban J connectivity index is 1.64. The molecule has 2 N–H and O–H groups in total. The molecular formula is C27H32ClN5O. The van der Waals surface area contributed by atoms with Crippen LogP contribution in [0.3, 0.4) is 0 Å². The molecule has 0 bridgehead atoms. The number of nitrogens with zero attached hydrogens (tertiary/aromatic N) is 3. The molecule has 4 rings (SSSR count). The van der Waals surface area contributed by atoms with Crippen LogP contribution in [0, 0.1) is 5.41 Å². The maximum Gasteiger partial charge on any atom is 0.273 e. The van der Waals surface area contributed by atoms with Crippen molar-refractivity contribution in [2.24, 2.45) is 5.41 Å². The number of carbonyl (C=O) groups excluding carboxylic acids is 1. The third-order valence-corrected chi connectivity index (χ3v) is 5.83. The lowest BCUT2D eigenvalue weighted by molar-refractivity contribution is 0.0745. The molecular weight excluding hydrogens is 446 g/mol. The van der Waals surface area contributed by atoms with Gasteiger partial charge in [0.2, 0.25) is 5.95 Å². The Morgan fingerprint density at radius 3 is 2.26 bits per heavy atom. The van der Waals surface area contributed by atoms with Gasteiger partial charge in [-0.25, -0.2) is 4.98 Å². The molecule has 2 aromatic carbocycles. The second-order valence-electron chi connectivity index (χ2n) is 10.8. The summed E-state index contributed by atoms with van der Waals surface area (Å²) in [5.41, 5.74) is 3.35. The largest absolute Gasteiger partial charge is 0.365 e. The number of carbonyl (C=O) groups is 1. The fourth-order valence-electron chi connectivity index (χ4n) is 4.73. The highest BCUT2D eigenvalue weighted by atomic mass is 35.5.